The highest BCUT2D eigenvalue weighted by atomic mass is 32.2. The maximum absolute atomic E-state index is 12.9. The summed E-state index contributed by atoms with van der Waals surface area (Å²) in [5.74, 6) is -0.135. The van der Waals surface area contributed by atoms with Crippen LogP contribution in [-0.2, 0) is 21.2 Å². The molecule has 2 atom stereocenters. The van der Waals surface area contributed by atoms with Crippen LogP contribution in [0, 0.1) is 0 Å². The van der Waals surface area contributed by atoms with Crippen LogP contribution in [0.4, 0.5) is 0 Å². The minimum Gasteiger partial charge on any atom is -0.369 e. The molecule has 9 heteroatoms. The summed E-state index contributed by atoms with van der Waals surface area (Å²) in [5.41, 5.74) is 2.24. The van der Waals surface area contributed by atoms with Gasteiger partial charge in [-0.1, -0.05) is 0 Å². The van der Waals surface area contributed by atoms with Gasteiger partial charge in [0.05, 0.1) is 24.2 Å². The first-order valence-corrected chi connectivity index (χ1v) is 10.1. The van der Waals surface area contributed by atoms with E-state index in [0.717, 1.165) is 11.3 Å². The average Bonchev–Trinajstić information content (AvgIpc) is 2.75. The second-order valence-corrected chi connectivity index (χ2v) is 8.55. The highest BCUT2D eigenvalue weighted by Gasteiger charge is 2.32. The lowest BCUT2D eigenvalue weighted by atomic mass is 9.99. The van der Waals surface area contributed by atoms with Gasteiger partial charge in [0.15, 0.2) is 5.69 Å². The lowest BCUT2D eigenvalue weighted by Gasteiger charge is -2.26. The first kappa shape index (κ1) is 17.4. The van der Waals surface area contributed by atoms with E-state index in [1.807, 2.05) is 13.8 Å². The summed E-state index contributed by atoms with van der Waals surface area (Å²) in [7, 11) is -3.22. The van der Waals surface area contributed by atoms with E-state index in [2.05, 4.69) is 10.2 Å². The van der Waals surface area contributed by atoms with Gasteiger partial charge < -0.3 is 9.64 Å². The minimum atomic E-state index is -3.22. The number of ether oxygens (including phenoxy) is 1. The number of hydrogen-bond acceptors (Lipinski definition) is 5. The van der Waals surface area contributed by atoms with Crippen molar-refractivity contribution in [2.24, 2.45) is 0 Å². The maximum Gasteiger partial charge on any atom is 0.274 e. The van der Waals surface area contributed by atoms with E-state index in [0.29, 0.717) is 44.7 Å². The molecule has 24 heavy (non-hydrogen) atoms. The number of nitrogens with zero attached hydrogens (tertiary/aromatic N) is 3. The van der Waals surface area contributed by atoms with Crippen molar-refractivity contribution in [3.8, 4) is 0 Å². The number of rotatable bonds is 2. The Labute approximate surface area is 142 Å². The molecule has 1 saturated heterocycles. The van der Waals surface area contributed by atoms with Crippen molar-refractivity contribution in [3.63, 3.8) is 0 Å². The van der Waals surface area contributed by atoms with Crippen molar-refractivity contribution in [1.29, 1.82) is 0 Å². The number of carbonyl (C=O) groups excluding carboxylic acids is 1. The second-order valence-electron chi connectivity index (χ2n) is 6.57. The third kappa shape index (κ3) is 3.33. The molecule has 3 heterocycles. The Morgan fingerprint density at radius 1 is 1.25 bits per heavy atom. The molecule has 1 aromatic rings. The number of sulfonamides is 1. The Balaban J connectivity index is 1.78. The number of aromatic nitrogens is 2. The molecular formula is C15H24N4O4S. The molecule has 0 unspecified atom stereocenters. The zero-order valence-corrected chi connectivity index (χ0v) is 15.1. The summed E-state index contributed by atoms with van der Waals surface area (Å²) in [6.07, 6.45) is 2.42. The van der Waals surface area contributed by atoms with Gasteiger partial charge in [-0.15, -0.1) is 0 Å². The molecule has 8 nitrogen and oxygen atoms in total. The molecule has 0 aromatic carbocycles. The van der Waals surface area contributed by atoms with Crippen LogP contribution in [0.3, 0.4) is 0 Å². The quantitative estimate of drug-likeness (QED) is 0.834. The minimum absolute atomic E-state index is 0.0431. The molecule has 134 valence electrons. The summed E-state index contributed by atoms with van der Waals surface area (Å²) >= 11 is 0. The second kappa shape index (κ2) is 6.45. The van der Waals surface area contributed by atoms with E-state index in [1.165, 1.54) is 10.6 Å². The van der Waals surface area contributed by atoms with Crippen LogP contribution in [0.2, 0.25) is 0 Å². The van der Waals surface area contributed by atoms with E-state index in [4.69, 9.17) is 4.74 Å². The molecule has 0 radical (unpaired) electrons. The van der Waals surface area contributed by atoms with Gasteiger partial charge in [-0.05, 0) is 20.3 Å². The number of nitrogens with one attached hydrogen (secondary N) is 1. The first-order valence-electron chi connectivity index (χ1n) is 8.24. The number of hydrogen-bond donors (Lipinski definition) is 1. The van der Waals surface area contributed by atoms with Crippen LogP contribution in [-0.4, -0.2) is 72.3 Å². The maximum atomic E-state index is 12.9. The monoisotopic (exact) mass is 356 g/mol. The van der Waals surface area contributed by atoms with Crippen molar-refractivity contribution in [2.45, 2.75) is 38.9 Å². The molecule has 0 saturated carbocycles. The molecule has 2 aliphatic rings. The van der Waals surface area contributed by atoms with Gasteiger partial charge in [-0.25, -0.2) is 12.7 Å². The van der Waals surface area contributed by atoms with E-state index in [-0.39, 0.29) is 18.1 Å². The van der Waals surface area contributed by atoms with Gasteiger partial charge in [-0.2, -0.15) is 5.10 Å². The summed E-state index contributed by atoms with van der Waals surface area (Å²) < 4.78 is 30.6. The Bertz CT molecular complexity index is 730. The molecule has 0 bridgehead atoms. The third-order valence-electron chi connectivity index (χ3n) is 4.65. The zero-order chi connectivity index (χ0) is 17.5. The van der Waals surface area contributed by atoms with Crippen molar-refractivity contribution >= 4 is 15.9 Å². The van der Waals surface area contributed by atoms with Gasteiger partial charge >= 0.3 is 0 Å². The molecule has 2 aliphatic heterocycles. The Morgan fingerprint density at radius 2 is 2.00 bits per heavy atom. The standard InChI is InChI=1S/C15H24N4O4S/c1-10-9-12-13(11(2)23-10)16-17-14(12)15(20)18-5-4-6-19(8-7-18)24(3,21)22/h10-11H,4-9H2,1-3H3,(H,16,17)/t10-,11+/m1/s1. The number of aromatic amines is 1. The summed E-state index contributed by atoms with van der Waals surface area (Å²) in [5, 5.41) is 7.16. The smallest absolute Gasteiger partial charge is 0.274 e. The fourth-order valence-corrected chi connectivity index (χ4v) is 4.30. The number of H-pyrrole nitrogens is 1. The normalized spacial score (nSPS) is 26.0. The number of amides is 1. The number of fused-ring (bicyclic) bond motifs is 1. The fourth-order valence-electron chi connectivity index (χ4n) is 3.43. The highest BCUT2D eigenvalue weighted by Crippen LogP contribution is 2.30. The van der Waals surface area contributed by atoms with Gasteiger partial charge in [0.1, 0.15) is 0 Å². The van der Waals surface area contributed by atoms with Crippen molar-refractivity contribution in [1.82, 2.24) is 19.4 Å². The highest BCUT2D eigenvalue weighted by molar-refractivity contribution is 7.88. The van der Waals surface area contributed by atoms with Crippen LogP contribution in [0.25, 0.3) is 0 Å². The largest absolute Gasteiger partial charge is 0.369 e. The summed E-state index contributed by atoms with van der Waals surface area (Å²) in [4.78, 5) is 14.6. The molecular weight excluding hydrogens is 332 g/mol. The SMILES string of the molecule is C[C@@H]1Cc2c(C(=O)N3CCCN(S(C)(=O)=O)CC3)n[nH]c2[C@H](C)O1. The predicted molar refractivity (Wildman–Crippen MR) is 88.2 cm³/mol. The molecule has 1 fully saturated rings. The van der Waals surface area contributed by atoms with Crippen molar-refractivity contribution in [3.05, 3.63) is 17.0 Å². The summed E-state index contributed by atoms with van der Waals surface area (Å²) in [6.45, 7) is 5.62. The fraction of sp³-hybridized carbons (Fsp3) is 0.733. The number of carbonyl (C=O) groups is 1. The van der Waals surface area contributed by atoms with Crippen LogP contribution in [0.1, 0.15) is 48.1 Å². The van der Waals surface area contributed by atoms with Gasteiger partial charge in [-0.3, -0.25) is 9.89 Å². The topological polar surface area (TPSA) is 95.6 Å². The Hall–Kier alpha value is -1.45. The lowest BCUT2D eigenvalue weighted by molar-refractivity contribution is -0.00702. The Morgan fingerprint density at radius 3 is 2.71 bits per heavy atom. The van der Waals surface area contributed by atoms with E-state index < -0.39 is 10.0 Å². The van der Waals surface area contributed by atoms with Crippen LogP contribution in [0.15, 0.2) is 0 Å². The van der Waals surface area contributed by atoms with E-state index in [1.54, 1.807) is 4.90 Å². The van der Waals surface area contributed by atoms with Crippen LogP contribution in [0.5, 0.6) is 0 Å². The predicted octanol–water partition coefficient (Wildman–Crippen LogP) is 0.539. The zero-order valence-electron chi connectivity index (χ0n) is 14.3. The molecule has 0 spiro atoms. The van der Waals surface area contributed by atoms with E-state index in [9.17, 15) is 13.2 Å². The van der Waals surface area contributed by atoms with Gasteiger partial charge in [0.25, 0.3) is 5.91 Å². The molecule has 1 aromatic heterocycles. The molecule has 0 aliphatic carbocycles. The van der Waals surface area contributed by atoms with Crippen molar-refractivity contribution < 1.29 is 17.9 Å². The summed E-state index contributed by atoms with van der Waals surface area (Å²) in [6, 6.07) is 0. The van der Waals surface area contributed by atoms with E-state index >= 15 is 0 Å². The molecule has 1 amide bonds. The first-order chi connectivity index (χ1) is 11.3. The lowest BCUT2D eigenvalue weighted by Crippen LogP contribution is -2.37. The van der Waals surface area contributed by atoms with Crippen molar-refractivity contribution in [2.75, 3.05) is 32.4 Å². The van der Waals surface area contributed by atoms with Crippen LogP contribution < -0.4 is 0 Å². The Kier molecular flexibility index (Phi) is 4.67. The van der Waals surface area contributed by atoms with Crippen LogP contribution >= 0.6 is 0 Å². The molecule has 3 rings (SSSR count). The van der Waals surface area contributed by atoms with Gasteiger partial charge in [0, 0.05) is 38.2 Å². The van der Waals surface area contributed by atoms with Gasteiger partial charge in [0.2, 0.25) is 10.0 Å². The third-order valence-corrected chi connectivity index (χ3v) is 5.95. The molecule has 1 N–H and O–H groups in total. The average molecular weight is 356 g/mol.